The van der Waals surface area contributed by atoms with Crippen molar-refractivity contribution in [2.75, 3.05) is 0 Å². The number of para-hydroxylation sites is 5. The summed E-state index contributed by atoms with van der Waals surface area (Å²) in [5, 5.41) is 7.31. The summed E-state index contributed by atoms with van der Waals surface area (Å²) in [5.41, 5.74) is 13.5. The Kier molecular flexibility index (Phi) is 6.89. The van der Waals surface area contributed by atoms with Gasteiger partial charge in [0.1, 0.15) is 5.82 Å². The maximum absolute atomic E-state index is 5.52. The summed E-state index contributed by atoms with van der Waals surface area (Å²) in [7, 11) is 0. The molecule has 0 radical (unpaired) electrons. The zero-order chi connectivity index (χ0) is 37.5. The lowest BCUT2D eigenvalue weighted by atomic mass is 10.0. The molecular weight excluding hydrogens is 693 g/mol. The van der Waals surface area contributed by atoms with E-state index in [-0.39, 0.29) is 0 Å². The van der Waals surface area contributed by atoms with Crippen LogP contribution in [0.4, 0.5) is 0 Å². The highest BCUT2D eigenvalue weighted by Gasteiger charge is 2.22. The molecule has 0 saturated carbocycles. The zero-order valence-corrected chi connectivity index (χ0v) is 30.9. The normalized spacial score (nSPS) is 11.9. The fourth-order valence-corrected chi connectivity index (χ4v) is 9.16. The third-order valence-electron chi connectivity index (χ3n) is 11.6. The Bertz CT molecular complexity index is 3440. The van der Waals surface area contributed by atoms with Crippen molar-refractivity contribution in [1.29, 1.82) is 0 Å². The molecule has 0 amide bonds. The highest BCUT2D eigenvalue weighted by atomic mass is 15.1. The number of benzene rings is 8. The molecule has 0 bridgehead atoms. The molecule has 0 unspecified atom stereocenters. The first-order chi connectivity index (χ1) is 28.3. The van der Waals surface area contributed by atoms with Crippen LogP contribution in [0.5, 0.6) is 0 Å². The molecule has 4 heteroatoms. The number of hydrogen-bond donors (Lipinski definition) is 0. The van der Waals surface area contributed by atoms with Crippen molar-refractivity contribution in [1.82, 2.24) is 18.7 Å². The van der Waals surface area contributed by atoms with E-state index in [1.165, 1.54) is 60.0 Å². The van der Waals surface area contributed by atoms with Gasteiger partial charge in [-0.15, -0.1) is 0 Å². The molecule has 12 rings (SSSR count). The number of pyridine rings is 1. The highest BCUT2D eigenvalue weighted by molar-refractivity contribution is 6.26. The van der Waals surface area contributed by atoms with Crippen LogP contribution < -0.4 is 0 Å². The lowest BCUT2D eigenvalue weighted by molar-refractivity contribution is 1.06. The van der Waals surface area contributed by atoms with E-state index in [1.807, 2.05) is 0 Å². The Balaban J connectivity index is 1.20. The largest absolute Gasteiger partial charge is 0.309 e. The van der Waals surface area contributed by atoms with E-state index in [2.05, 4.69) is 220 Å². The summed E-state index contributed by atoms with van der Waals surface area (Å²) < 4.78 is 7.22. The maximum Gasteiger partial charge on any atom is 0.140 e. The van der Waals surface area contributed by atoms with Gasteiger partial charge in [-0.05, 0) is 59.7 Å². The van der Waals surface area contributed by atoms with Gasteiger partial charge in [-0.25, -0.2) is 4.98 Å². The highest BCUT2D eigenvalue weighted by Crippen LogP contribution is 2.43. The van der Waals surface area contributed by atoms with Gasteiger partial charge in [-0.1, -0.05) is 152 Å². The minimum Gasteiger partial charge on any atom is -0.309 e. The van der Waals surface area contributed by atoms with Crippen molar-refractivity contribution in [3.05, 3.63) is 206 Å². The maximum atomic E-state index is 5.52. The van der Waals surface area contributed by atoms with E-state index in [0.717, 1.165) is 45.0 Å². The van der Waals surface area contributed by atoms with Crippen molar-refractivity contribution in [3.63, 3.8) is 0 Å². The van der Waals surface area contributed by atoms with E-state index >= 15 is 0 Å². The molecule has 0 atom stereocenters. The average molecular weight is 727 g/mol. The van der Waals surface area contributed by atoms with Crippen LogP contribution in [0.15, 0.2) is 206 Å². The second-order valence-corrected chi connectivity index (χ2v) is 14.8. The van der Waals surface area contributed by atoms with Crippen molar-refractivity contribution in [2.45, 2.75) is 0 Å². The quantitative estimate of drug-likeness (QED) is 0.174. The van der Waals surface area contributed by atoms with Crippen LogP contribution in [-0.4, -0.2) is 18.7 Å². The Morgan fingerprint density at radius 2 is 0.789 bits per heavy atom. The minimum atomic E-state index is 0.872. The SMILES string of the molecule is c1ccc(-c2ccc(-c3cc(-n4c5ccccc5c5ccc6c(c7ccccc7n6-c6ccccc6)c54)cc(-n4c5ccccc5c5ccccc54)n3)cc2)cc1. The van der Waals surface area contributed by atoms with Crippen LogP contribution >= 0.6 is 0 Å². The smallest absolute Gasteiger partial charge is 0.140 e. The molecule has 4 nitrogen and oxygen atoms in total. The van der Waals surface area contributed by atoms with Gasteiger partial charge in [0.15, 0.2) is 0 Å². The lowest BCUT2D eigenvalue weighted by Gasteiger charge is -2.15. The van der Waals surface area contributed by atoms with E-state index in [9.17, 15) is 0 Å². The van der Waals surface area contributed by atoms with Gasteiger partial charge in [-0.2, -0.15) is 0 Å². The molecule has 0 N–H and O–H groups in total. The third-order valence-corrected chi connectivity index (χ3v) is 11.6. The lowest BCUT2D eigenvalue weighted by Crippen LogP contribution is -2.03. The first-order valence-corrected chi connectivity index (χ1v) is 19.5. The summed E-state index contributed by atoms with van der Waals surface area (Å²) in [6, 6.07) is 74.3. The Labute approximate surface area is 328 Å². The number of nitrogens with zero attached hydrogens (tertiary/aromatic N) is 4. The second-order valence-electron chi connectivity index (χ2n) is 14.8. The van der Waals surface area contributed by atoms with Crippen LogP contribution in [0.25, 0.3) is 105 Å². The van der Waals surface area contributed by atoms with Gasteiger partial charge in [0, 0.05) is 49.6 Å². The number of hydrogen-bond acceptors (Lipinski definition) is 1. The molecule has 0 aliphatic heterocycles. The molecule has 0 spiro atoms. The first kappa shape index (κ1) is 31.6. The molecule has 4 heterocycles. The van der Waals surface area contributed by atoms with Crippen LogP contribution in [0.2, 0.25) is 0 Å². The molecule has 266 valence electrons. The van der Waals surface area contributed by atoms with Gasteiger partial charge in [0.25, 0.3) is 0 Å². The summed E-state index contributed by atoms with van der Waals surface area (Å²) in [6.45, 7) is 0. The van der Waals surface area contributed by atoms with Crippen LogP contribution in [0.1, 0.15) is 0 Å². The minimum absolute atomic E-state index is 0.872. The Morgan fingerprint density at radius 3 is 1.44 bits per heavy atom. The molecular formula is C53H34N4. The topological polar surface area (TPSA) is 27.7 Å². The van der Waals surface area contributed by atoms with Gasteiger partial charge < -0.3 is 9.13 Å². The van der Waals surface area contributed by atoms with E-state index in [1.54, 1.807) is 0 Å². The molecule has 8 aromatic carbocycles. The van der Waals surface area contributed by atoms with Crippen molar-refractivity contribution >= 4 is 65.4 Å². The van der Waals surface area contributed by atoms with Crippen LogP contribution in [0, 0.1) is 0 Å². The summed E-state index contributed by atoms with van der Waals surface area (Å²) in [5.74, 6) is 0.872. The van der Waals surface area contributed by atoms with Crippen molar-refractivity contribution in [3.8, 4) is 39.6 Å². The van der Waals surface area contributed by atoms with Gasteiger partial charge in [0.2, 0.25) is 0 Å². The molecule has 0 fully saturated rings. The fraction of sp³-hybridized carbons (Fsp3) is 0. The van der Waals surface area contributed by atoms with E-state index in [0.29, 0.717) is 0 Å². The summed E-state index contributed by atoms with van der Waals surface area (Å²) in [6.07, 6.45) is 0. The Morgan fingerprint density at radius 1 is 0.298 bits per heavy atom. The zero-order valence-electron chi connectivity index (χ0n) is 30.9. The van der Waals surface area contributed by atoms with Crippen molar-refractivity contribution < 1.29 is 0 Å². The first-order valence-electron chi connectivity index (χ1n) is 19.5. The van der Waals surface area contributed by atoms with E-state index in [4.69, 9.17) is 4.98 Å². The fourth-order valence-electron chi connectivity index (χ4n) is 9.16. The summed E-state index contributed by atoms with van der Waals surface area (Å²) >= 11 is 0. The monoisotopic (exact) mass is 726 g/mol. The summed E-state index contributed by atoms with van der Waals surface area (Å²) in [4.78, 5) is 5.52. The number of fused-ring (bicyclic) bond motifs is 10. The van der Waals surface area contributed by atoms with Gasteiger partial charge >= 0.3 is 0 Å². The third kappa shape index (κ3) is 4.77. The molecule has 0 aliphatic carbocycles. The standard InChI is InChI=1S/C53H34N4/c1-3-15-35(16-4-1)36-27-29-37(30-28-36)45-33-39(34-51(54-45)57-47-24-12-7-19-40(47)41-20-8-13-25-48(41)57)56-46-23-11-9-21-42(46)43-31-32-50-52(53(43)56)44-22-10-14-26-49(44)55(50)38-17-5-2-6-18-38/h1-34H. The molecule has 0 saturated heterocycles. The second kappa shape index (κ2) is 12.4. The average Bonchev–Trinajstić information content (AvgIpc) is 3.93. The molecule has 57 heavy (non-hydrogen) atoms. The molecule has 4 aromatic heterocycles. The van der Waals surface area contributed by atoms with Gasteiger partial charge in [0.05, 0.1) is 44.5 Å². The predicted molar refractivity (Wildman–Crippen MR) is 238 cm³/mol. The Hall–Kier alpha value is -7.69. The van der Waals surface area contributed by atoms with E-state index < -0.39 is 0 Å². The number of aromatic nitrogens is 4. The number of rotatable bonds is 5. The molecule has 0 aliphatic rings. The van der Waals surface area contributed by atoms with Crippen LogP contribution in [0.3, 0.4) is 0 Å². The van der Waals surface area contributed by atoms with Gasteiger partial charge in [-0.3, -0.25) is 4.57 Å². The predicted octanol–water partition coefficient (Wildman–Crippen LogP) is 13.7. The van der Waals surface area contributed by atoms with Crippen LogP contribution in [-0.2, 0) is 0 Å². The molecule has 12 aromatic rings. The van der Waals surface area contributed by atoms with Crippen molar-refractivity contribution in [2.24, 2.45) is 0 Å².